The van der Waals surface area contributed by atoms with Crippen molar-refractivity contribution in [3.05, 3.63) is 59.7 Å². The average Bonchev–Trinajstić information content (AvgIpc) is 2.75. The van der Waals surface area contributed by atoms with Gasteiger partial charge in [-0.1, -0.05) is 18.8 Å². The molecule has 2 heterocycles. The molecule has 0 aromatic heterocycles. The lowest BCUT2D eigenvalue weighted by molar-refractivity contribution is 0.103. The van der Waals surface area contributed by atoms with Crippen molar-refractivity contribution >= 4 is 35.9 Å². The van der Waals surface area contributed by atoms with Crippen LogP contribution in [0.3, 0.4) is 0 Å². The first kappa shape index (κ1) is 19.8. The zero-order chi connectivity index (χ0) is 19.5. The zero-order valence-electron chi connectivity index (χ0n) is 16.1. The summed E-state index contributed by atoms with van der Waals surface area (Å²) in [4.78, 5) is 17.6. The molecule has 0 radical (unpaired) electrons. The fourth-order valence-electron chi connectivity index (χ4n) is 3.77. The third-order valence-corrected chi connectivity index (χ3v) is 6.65. The molecule has 5 nitrogen and oxygen atoms in total. The molecule has 0 bridgehead atoms. The molecular formula is C21H28N4OP2. The second kappa shape index (κ2) is 8.88. The zero-order valence-corrected chi connectivity index (χ0v) is 18.4. The van der Waals surface area contributed by atoms with Gasteiger partial charge in [0.15, 0.2) is 5.78 Å². The number of ketones is 1. The van der Waals surface area contributed by atoms with Crippen LogP contribution >= 0.6 is 18.8 Å². The van der Waals surface area contributed by atoms with Crippen LogP contribution in [0, 0.1) is 0 Å². The van der Waals surface area contributed by atoms with Gasteiger partial charge in [0.2, 0.25) is 0 Å². The van der Waals surface area contributed by atoms with Crippen LogP contribution in [0.5, 0.6) is 0 Å². The van der Waals surface area contributed by atoms with Gasteiger partial charge in [-0.15, -0.1) is 0 Å². The van der Waals surface area contributed by atoms with E-state index in [9.17, 15) is 4.79 Å². The van der Waals surface area contributed by atoms with Gasteiger partial charge in [-0.3, -0.25) is 14.1 Å². The second-order valence-corrected chi connectivity index (χ2v) is 8.93. The molecule has 2 aliphatic rings. The molecule has 148 valence electrons. The number of hydrogen-bond donors (Lipinski definition) is 0. The number of nitrogens with zero attached hydrogens (tertiary/aromatic N) is 4. The Kier molecular flexibility index (Phi) is 6.28. The summed E-state index contributed by atoms with van der Waals surface area (Å²) >= 11 is 0. The smallest absolute Gasteiger partial charge is 0.193 e. The maximum absolute atomic E-state index is 12.9. The molecule has 2 unspecified atom stereocenters. The van der Waals surface area contributed by atoms with E-state index in [4.69, 9.17) is 0 Å². The van der Waals surface area contributed by atoms with E-state index in [-0.39, 0.29) is 5.78 Å². The van der Waals surface area contributed by atoms with Crippen molar-refractivity contribution in [1.82, 2.24) is 9.34 Å². The summed E-state index contributed by atoms with van der Waals surface area (Å²) in [6.45, 7) is 8.25. The average molecular weight is 414 g/mol. The molecule has 2 aromatic rings. The minimum atomic E-state index is 0.0858. The fraction of sp³-hybridized carbons (Fsp3) is 0.381. The van der Waals surface area contributed by atoms with Crippen LogP contribution in [0.15, 0.2) is 48.5 Å². The van der Waals surface area contributed by atoms with Gasteiger partial charge in [0, 0.05) is 74.9 Å². The van der Waals surface area contributed by atoms with Crippen LogP contribution < -0.4 is 9.80 Å². The number of hydrogen-bond acceptors (Lipinski definition) is 5. The molecule has 2 atom stereocenters. The summed E-state index contributed by atoms with van der Waals surface area (Å²) in [6, 6.07) is 16.1. The van der Waals surface area contributed by atoms with Crippen molar-refractivity contribution < 1.29 is 4.79 Å². The van der Waals surface area contributed by atoms with E-state index in [0.29, 0.717) is 0 Å². The van der Waals surface area contributed by atoms with E-state index in [1.54, 1.807) is 0 Å². The van der Waals surface area contributed by atoms with E-state index in [0.717, 1.165) is 63.5 Å². The number of benzene rings is 2. The largest absolute Gasteiger partial charge is 0.369 e. The fourth-order valence-corrected chi connectivity index (χ4v) is 4.24. The normalized spacial score (nSPS) is 19.1. The maximum Gasteiger partial charge on any atom is 0.193 e. The Morgan fingerprint density at radius 1 is 0.571 bits per heavy atom. The highest BCUT2D eigenvalue weighted by Crippen LogP contribution is 2.22. The number of carbonyl (C=O) groups excluding carboxylic acids is 1. The van der Waals surface area contributed by atoms with Crippen molar-refractivity contribution in [1.29, 1.82) is 0 Å². The lowest BCUT2D eigenvalue weighted by Crippen LogP contribution is -2.42. The Morgan fingerprint density at radius 2 is 0.893 bits per heavy atom. The Labute approximate surface area is 172 Å². The van der Waals surface area contributed by atoms with E-state index < -0.39 is 0 Å². The molecule has 7 heteroatoms. The van der Waals surface area contributed by atoms with Crippen LogP contribution in [0.2, 0.25) is 0 Å². The Balaban J connectivity index is 1.41. The molecule has 4 rings (SSSR count). The molecule has 2 saturated heterocycles. The predicted molar refractivity (Wildman–Crippen MR) is 123 cm³/mol. The molecule has 28 heavy (non-hydrogen) atoms. The van der Waals surface area contributed by atoms with Gasteiger partial charge in [0.05, 0.1) is 0 Å². The van der Waals surface area contributed by atoms with Gasteiger partial charge in [0.25, 0.3) is 0 Å². The summed E-state index contributed by atoms with van der Waals surface area (Å²) in [6.07, 6.45) is 0. The Morgan fingerprint density at radius 3 is 1.21 bits per heavy atom. The molecule has 0 amide bonds. The van der Waals surface area contributed by atoms with Crippen molar-refractivity contribution in [3.8, 4) is 0 Å². The number of carbonyl (C=O) groups is 1. The minimum absolute atomic E-state index is 0.0858. The first-order chi connectivity index (χ1) is 13.6. The second-order valence-electron chi connectivity index (χ2n) is 7.47. The number of anilines is 2. The Bertz CT molecular complexity index is 729. The highest BCUT2D eigenvalue weighted by Gasteiger charge is 2.17. The van der Waals surface area contributed by atoms with Crippen molar-refractivity contribution in [2.45, 2.75) is 0 Å². The lowest BCUT2D eigenvalue weighted by Gasteiger charge is -2.34. The van der Waals surface area contributed by atoms with Crippen LogP contribution in [0.25, 0.3) is 0 Å². The summed E-state index contributed by atoms with van der Waals surface area (Å²) in [7, 11) is 5.54. The van der Waals surface area contributed by atoms with Gasteiger partial charge >= 0.3 is 0 Å². The van der Waals surface area contributed by atoms with Gasteiger partial charge in [-0.25, -0.2) is 0 Å². The summed E-state index contributed by atoms with van der Waals surface area (Å²) in [5, 5.41) is 0. The summed E-state index contributed by atoms with van der Waals surface area (Å²) in [5.74, 6) is 0.0858. The third kappa shape index (κ3) is 4.55. The summed E-state index contributed by atoms with van der Waals surface area (Å²) in [5.41, 5.74) is 3.88. The van der Waals surface area contributed by atoms with E-state index in [1.165, 1.54) is 11.4 Å². The highest BCUT2D eigenvalue weighted by atomic mass is 31.0. The van der Waals surface area contributed by atoms with E-state index in [2.05, 4.69) is 62.2 Å². The molecule has 2 aromatic carbocycles. The van der Waals surface area contributed by atoms with Crippen LogP contribution in [0.4, 0.5) is 11.4 Å². The molecule has 2 fully saturated rings. The van der Waals surface area contributed by atoms with Gasteiger partial charge in [0.1, 0.15) is 0 Å². The SMILES string of the molecule is O=C(c1ccc(N2CCN(P)CC2)cc1)c1ccc(N2CCN(P)CC2)cc1. The molecular weight excluding hydrogens is 386 g/mol. The quantitative estimate of drug-likeness (QED) is 0.567. The first-order valence-electron chi connectivity index (χ1n) is 9.84. The van der Waals surface area contributed by atoms with Gasteiger partial charge in [-0.2, -0.15) is 0 Å². The molecule has 0 saturated carbocycles. The first-order valence-corrected chi connectivity index (χ1v) is 10.9. The molecule has 0 N–H and O–H groups in total. The topological polar surface area (TPSA) is 30.0 Å². The number of rotatable bonds is 4. The van der Waals surface area contributed by atoms with Crippen molar-refractivity contribution in [3.63, 3.8) is 0 Å². The minimum Gasteiger partial charge on any atom is -0.369 e. The predicted octanol–water partition coefficient (Wildman–Crippen LogP) is 2.74. The van der Waals surface area contributed by atoms with E-state index in [1.807, 2.05) is 24.3 Å². The van der Waals surface area contributed by atoms with Crippen LogP contribution in [-0.2, 0) is 0 Å². The lowest BCUT2D eigenvalue weighted by atomic mass is 10.0. The third-order valence-electron chi connectivity index (χ3n) is 5.62. The van der Waals surface area contributed by atoms with Crippen molar-refractivity contribution in [2.75, 3.05) is 62.2 Å². The molecule has 0 aliphatic carbocycles. The van der Waals surface area contributed by atoms with Gasteiger partial charge < -0.3 is 9.80 Å². The van der Waals surface area contributed by atoms with Crippen LogP contribution in [0.1, 0.15) is 15.9 Å². The summed E-state index contributed by atoms with van der Waals surface area (Å²) < 4.78 is 4.53. The number of piperazine rings is 2. The molecule has 0 spiro atoms. The maximum atomic E-state index is 12.9. The monoisotopic (exact) mass is 414 g/mol. The van der Waals surface area contributed by atoms with E-state index >= 15 is 0 Å². The molecule has 2 aliphatic heterocycles. The Hall–Kier alpha value is -1.51. The highest BCUT2D eigenvalue weighted by molar-refractivity contribution is 7.13. The van der Waals surface area contributed by atoms with Gasteiger partial charge in [-0.05, 0) is 48.5 Å². The standard InChI is InChI=1S/C21H28N4OP2/c26-21(17-1-5-19(6-2-17)22-9-13-24(27)14-10-22)18-3-7-20(8-4-18)23-11-15-25(28)16-12-23/h1-8H,9-16,27-28H2. The van der Waals surface area contributed by atoms with Crippen LogP contribution in [-0.4, -0.2) is 67.5 Å². The van der Waals surface area contributed by atoms with Crippen molar-refractivity contribution in [2.24, 2.45) is 0 Å².